The number of nitrogens with one attached hydrogen (secondary N) is 1. The summed E-state index contributed by atoms with van der Waals surface area (Å²) < 4.78 is 0. The number of benzene rings is 2. The van der Waals surface area contributed by atoms with E-state index in [9.17, 15) is 4.79 Å². The number of carbonyl (C=O) groups is 1. The Kier molecular flexibility index (Phi) is 6.09. The van der Waals surface area contributed by atoms with Crippen molar-refractivity contribution < 1.29 is 4.79 Å². The lowest BCUT2D eigenvalue weighted by atomic mass is 10.1. The van der Waals surface area contributed by atoms with Crippen LogP contribution in [0.4, 0.5) is 11.4 Å². The highest BCUT2D eigenvalue weighted by Gasteiger charge is 2.15. The van der Waals surface area contributed by atoms with Gasteiger partial charge < -0.3 is 10.2 Å². The molecular weight excluding hydrogens is 358 g/mol. The van der Waals surface area contributed by atoms with Crippen LogP contribution in [-0.4, -0.2) is 16.9 Å². The number of nitrogens with zero attached hydrogens (tertiary/aromatic N) is 2. The van der Waals surface area contributed by atoms with Crippen LogP contribution in [0.1, 0.15) is 29.8 Å². The number of aromatic nitrogens is 1. The highest BCUT2D eigenvalue weighted by atomic mass is 35.5. The summed E-state index contributed by atoms with van der Waals surface area (Å²) in [5.74, 6) is -0.235. The minimum atomic E-state index is -0.235. The van der Waals surface area contributed by atoms with Crippen molar-refractivity contribution in [1.82, 2.24) is 4.98 Å². The van der Waals surface area contributed by atoms with E-state index in [1.54, 1.807) is 24.5 Å². The number of halogens is 1. The molecule has 0 radical (unpaired) electrons. The number of rotatable bonds is 6. The lowest BCUT2D eigenvalue weighted by molar-refractivity contribution is 0.102. The Balaban J connectivity index is 1.82. The van der Waals surface area contributed by atoms with Gasteiger partial charge in [0.25, 0.3) is 5.91 Å². The second kappa shape index (κ2) is 8.69. The summed E-state index contributed by atoms with van der Waals surface area (Å²) in [4.78, 5) is 19.1. The summed E-state index contributed by atoms with van der Waals surface area (Å²) in [5, 5.41) is 3.34. The fraction of sp³-hybridized carbons (Fsp3) is 0.182. The first-order valence-electron chi connectivity index (χ1n) is 8.86. The van der Waals surface area contributed by atoms with E-state index in [4.69, 9.17) is 11.6 Å². The fourth-order valence-corrected chi connectivity index (χ4v) is 3.00. The summed E-state index contributed by atoms with van der Waals surface area (Å²) in [6, 6.07) is 19.5. The van der Waals surface area contributed by atoms with Crippen LogP contribution >= 0.6 is 11.6 Å². The first kappa shape index (κ1) is 18.9. The monoisotopic (exact) mass is 379 g/mol. The van der Waals surface area contributed by atoms with Gasteiger partial charge in [-0.1, -0.05) is 54.1 Å². The predicted octanol–water partition coefficient (Wildman–Crippen LogP) is 5.40. The zero-order chi connectivity index (χ0) is 19.2. The first-order valence-corrected chi connectivity index (χ1v) is 9.24. The zero-order valence-electron chi connectivity index (χ0n) is 15.4. The van der Waals surface area contributed by atoms with Crippen molar-refractivity contribution in [1.29, 1.82) is 0 Å². The van der Waals surface area contributed by atoms with Crippen LogP contribution in [0.3, 0.4) is 0 Å². The molecule has 0 saturated carbocycles. The third-order valence-electron chi connectivity index (χ3n) is 4.26. The van der Waals surface area contributed by atoms with Crippen molar-refractivity contribution in [3.63, 3.8) is 0 Å². The van der Waals surface area contributed by atoms with Gasteiger partial charge in [0.1, 0.15) is 0 Å². The summed E-state index contributed by atoms with van der Waals surface area (Å²) in [6.45, 7) is 4.99. The second-order valence-electron chi connectivity index (χ2n) is 6.57. The van der Waals surface area contributed by atoms with Crippen molar-refractivity contribution in [2.75, 3.05) is 10.2 Å². The molecule has 4 nitrogen and oxygen atoms in total. The molecule has 3 rings (SSSR count). The Hall–Kier alpha value is -2.85. The molecule has 0 spiro atoms. The molecule has 0 fully saturated rings. The molecule has 0 atom stereocenters. The van der Waals surface area contributed by atoms with Crippen LogP contribution < -0.4 is 10.2 Å². The zero-order valence-corrected chi connectivity index (χ0v) is 16.1. The molecule has 1 N–H and O–H groups in total. The predicted molar refractivity (Wildman–Crippen MR) is 111 cm³/mol. The Morgan fingerprint density at radius 3 is 2.48 bits per heavy atom. The van der Waals surface area contributed by atoms with E-state index < -0.39 is 0 Å². The normalized spacial score (nSPS) is 10.7. The van der Waals surface area contributed by atoms with Gasteiger partial charge in [0.15, 0.2) is 0 Å². The SMILES string of the molecule is CC(C)N(Cc1ccccc1)c1cncc(C(=O)Nc2ccccc2Cl)c1. The average Bonchev–Trinajstić information content (AvgIpc) is 2.68. The van der Waals surface area contributed by atoms with Gasteiger partial charge in [-0.25, -0.2) is 0 Å². The molecule has 0 saturated heterocycles. The maximum Gasteiger partial charge on any atom is 0.257 e. The molecule has 1 aromatic heterocycles. The van der Waals surface area contributed by atoms with Crippen molar-refractivity contribution in [2.24, 2.45) is 0 Å². The summed E-state index contributed by atoms with van der Waals surface area (Å²) >= 11 is 6.13. The smallest absolute Gasteiger partial charge is 0.257 e. The highest BCUT2D eigenvalue weighted by molar-refractivity contribution is 6.33. The molecular formula is C22H22ClN3O. The van der Waals surface area contributed by atoms with E-state index in [0.29, 0.717) is 16.3 Å². The number of anilines is 2. The van der Waals surface area contributed by atoms with Gasteiger partial charge in [-0.3, -0.25) is 9.78 Å². The van der Waals surface area contributed by atoms with Crippen LogP contribution in [0, 0.1) is 0 Å². The molecule has 0 bridgehead atoms. The minimum absolute atomic E-state index is 0.235. The molecule has 2 aromatic carbocycles. The lowest BCUT2D eigenvalue weighted by Gasteiger charge is -2.29. The Morgan fingerprint density at radius 1 is 1.07 bits per heavy atom. The highest BCUT2D eigenvalue weighted by Crippen LogP contribution is 2.23. The summed E-state index contributed by atoms with van der Waals surface area (Å²) in [6.07, 6.45) is 3.35. The van der Waals surface area contributed by atoms with Crippen molar-refractivity contribution >= 4 is 28.9 Å². The molecule has 5 heteroatoms. The van der Waals surface area contributed by atoms with Gasteiger partial charge in [-0.05, 0) is 37.6 Å². The van der Waals surface area contributed by atoms with E-state index in [0.717, 1.165) is 12.2 Å². The molecule has 138 valence electrons. The number of hydrogen-bond donors (Lipinski definition) is 1. The second-order valence-corrected chi connectivity index (χ2v) is 6.98. The Labute approximate surface area is 164 Å². The first-order chi connectivity index (χ1) is 13.0. The molecule has 27 heavy (non-hydrogen) atoms. The molecule has 0 unspecified atom stereocenters. The van der Waals surface area contributed by atoms with Gasteiger partial charge in [-0.2, -0.15) is 0 Å². The quantitative estimate of drug-likeness (QED) is 0.623. The Morgan fingerprint density at radius 2 is 1.78 bits per heavy atom. The third-order valence-corrected chi connectivity index (χ3v) is 4.59. The summed E-state index contributed by atoms with van der Waals surface area (Å²) in [5.41, 5.74) is 3.18. The van der Waals surface area contributed by atoms with Crippen LogP contribution in [0.15, 0.2) is 73.1 Å². The van der Waals surface area contributed by atoms with E-state index in [1.807, 2.05) is 36.4 Å². The molecule has 3 aromatic rings. The van der Waals surface area contributed by atoms with Gasteiger partial charge >= 0.3 is 0 Å². The Bertz CT molecular complexity index is 912. The third kappa shape index (κ3) is 4.86. The summed E-state index contributed by atoms with van der Waals surface area (Å²) in [7, 11) is 0. The molecule has 1 amide bonds. The molecule has 0 aliphatic heterocycles. The number of amides is 1. The van der Waals surface area contributed by atoms with Gasteiger partial charge in [0, 0.05) is 18.8 Å². The van der Waals surface area contributed by atoms with E-state index in [2.05, 4.69) is 41.2 Å². The van der Waals surface area contributed by atoms with Crippen molar-refractivity contribution in [3.8, 4) is 0 Å². The van der Waals surface area contributed by atoms with Crippen LogP contribution in [0.25, 0.3) is 0 Å². The fourth-order valence-electron chi connectivity index (χ4n) is 2.82. The standard InChI is InChI=1S/C22H22ClN3O/c1-16(2)26(15-17-8-4-3-5-9-17)19-12-18(13-24-14-19)22(27)25-21-11-7-6-10-20(21)23/h3-14,16H,15H2,1-2H3,(H,25,27). The van der Waals surface area contributed by atoms with Crippen LogP contribution in [-0.2, 0) is 6.54 Å². The number of carbonyl (C=O) groups excluding carboxylic acids is 1. The molecule has 0 aliphatic carbocycles. The minimum Gasteiger partial charge on any atom is -0.364 e. The maximum atomic E-state index is 12.6. The van der Waals surface area contributed by atoms with Crippen molar-refractivity contribution in [3.05, 3.63) is 89.2 Å². The van der Waals surface area contributed by atoms with Crippen LogP contribution in [0.2, 0.25) is 5.02 Å². The maximum absolute atomic E-state index is 12.6. The van der Waals surface area contributed by atoms with Crippen molar-refractivity contribution in [2.45, 2.75) is 26.4 Å². The van der Waals surface area contributed by atoms with E-state index in [1.165, 1.54) is 5.56 Å². The largest absolute Gasteiger partial charge is 0.364 e. The number of para-hydroxylation sites is 1. The average molecular weight is 380 g/mol. The van der Waals surface area contributed by atoms with Crippen LogP contribution in [0.5, 0.6) is 0 Å². The lowest BCUT2D eigenvalue weighted by Crippen LogP contribution is -2.30. The van der Waals surface area contributed by atoms with E-state index in [-0.39, 0.29) is 11.9 Å². The number of hydrogen-bond acceptors (Lipinski definition) is 3. The number of pyridine rings is 1. The molecule has 0 aliphatic rings. The van der Waals surface area contributed by atoms with Gasteiger partial charge in [-0.15, -0.1) is 0 Å². The topological polar surface area (TPSA) is 45.2 Å². The van der Waals surface area contributed by atoms with E-state index >= 15 is 0 Å². The van der Waals surface area contributed by atoms with Gasteiger partial charge in [0.05, 0.1) is 28.2 Å². The van der Waals surface area contributed by atoms with Gasteiger partial charge in [0.2, 0.25) is 0 Å². The molecule has 1 heterocycles.